The standard InChI is InChI=1S/C14H21ClN2O2/c1-11-4-5-12(10-13(11)15)16-8-6-14(18)17-7-3-9-19-2/h4-5,10,16H,3,6-9H2,1-2H3,(H,17,18). The lowest BCUT2D eigenvalue weighted by Crippen LogP contribution is -2.26. The molecule has 4 nitrogen and oxygen atoms in total. The van der Waals surface area contributed by atoms with Crippen molar-refractivity contribution in [2.24, 2.45) is 0 Å². The van der Waals surface area contributed by atoms with Crippen LogP contribution < -0.4 is 10.6 Å². The fourth-order valence-electron chi connectivity index (χ4n) is 1.56. The van der Waals surface area contributed by atoms with Gasteiger partial charge in [-0.3, -0.25) is 4.79 Å². The number of halogens is 1. The molecule has 0 heterocycles. The van der Waals surface area contributed by atoms with E-state index in [1.807, 2.05) is 25.1 Å². The highest BCUT2D eigenvalue weighted by molar-refractivity contribution is 6.31. The number of ether oxygens (including phenoxy) is 1. The third-order valence-electron chi connectivity index (χ3n) is 2.70. The van der Waals surface area contributed by atoms with Gasteiger partial charge in [0.15, 0.2) is 0 Å². The molecule has 106 valence electrons. The van der Waals surface area contributed by atoms with Crippen molar-refractivity contribution in [2.75, 3.05) is 32.1 Å². The molecular formula is C14H21ClN2O2. The first kappa shape index (κ1) is 15.8. The number of benzene rings is 1. The van der Waals surface area contributed by atoms with Crippen LogP contribution in [0.1, 0.15) is 18.4 Å². The van der Waals surface area contributed by atoms with Crippen LogP contribution in [0, 0.1) is 6.92 Å². The Morgan fingerprint density at radius 2 is 2.16 bits per heavy atom. The zero-order valence-corrected chi connectivity index (χ0v) is 12.2. The summed E-state index contributed by atoms with van der Waals surface area (Å²) in [5, 5.41) is 6.75. The molecule has 0 bridgehead atoms. The van der Waals surface area contributed by atoms with Gasteiger partial charge in [-0.25, -0.2) is 0 Å². The Hall–Kier alpha value is -1.26. The van der Waals surface area contributed by atoms with Gasteiger partial charge in [0.1, 0.15) is 0 Å². The molecule has 0 spiro atoms. The van der Waals surface area contributed by atoms with Gasteiger partial charge in [-0.15, -0.1) is 0 Å². The monoisotopic (exact) mass is 284 g/mol. The molecule has 1 aromatic rings. The van der Waals surface area contributed by atoms with Crippen molar-refractivity contribution in [3.63, 3.8) is 0 Å². The Bertz CT molecular complexity index is 410. The lowest BCUT2D eigenvalue weighted by atomic mass is 10.2. The number of rotatable bonds is 8. The number of methoxy groups -OCH3 is 1. The molecule has 0 aliphatic carbocycles. The van der Waals surface area contributed by atoms with E-state index in [9.17, 15) is 4.79 Å². The van der Waals surface area contributed by atoms with Crippen LogP contribution in [-0.4, -0.2) is 32.7 Å². The zero-order valence-electron chi connectivity index (χ0n) is 11.5. The van der Waals surface area contributed by atoms with E-state index in [4.69, 9.17) is 16.3 Å². The summed E-state index contributed by atoms with van der Waals surface area (Å²) >= 11 is 6.02. The predicted octanol–water partition coefficient (Wildman–Crippen LogP) is 2.60. The van der Waals surface area contributed by atoms with Crippen molar-refractivity contribution in [2.45, 2.75) is 19.8 Å². The van der Waals surface area contributed by atoms with Gasteiger partial charge in [-0.2, -0.15) is 0 Å². The number of anilines is 1. The number of carbonyl (C=O) groups excluding carboxylic acids is 1. The van der Waals surface area contributed by atoms with Gasteiger partial charge in [0.05, 0.1) is 0 Å². The van der Waals surface area contributed by atoms with Gasteiger partial charge in [0.2, 0.25) is 5.91 Å². The first-order chi connectivity index (χ1) is 9.13. The van der Waals surface area contributed by atoms with Gasteiger partial charge in [-0.05, 0) is 31.0 Å². The zero-order chi connectivity index (χ0) is 14.1. The average Bonchev–Trinajstić information content (AvgIpc) is 2.39. The smallest absolute Gasteiger partial charge is 0.221 e. The van der Waals surface area contributed by atoms with Crippen LogP contribution >= 0.6 is 11.6 Å². The third-order valence-corrected chi connectivity index (χ3v) is 3.11. The van der Waals surface area contributed by atoms with E-state index in [0.29, 0.717) is 26.1 Å². The molecule has 0 aliphatic rings. The van der Waals surface area contributed by atoms with E-state index in [2.05, 4.69) is 10.6 Å². The quantitative estimate of drug-likeness (QED) is 0.722. The topological polar surface area (TPSA) is 50.4 Å². The highest BCUT2D eigenvalue weighted by Crippen LogP contribution is 2.19. The fourth-order valence-corrected chi connectivity index (χ4v) is 1.74. The highest BCUT2D eigenvalue weighted by Gasteiger charge is 2.01. The lowest BCUT2D eigenvalue weighted by molar-refractivity contribution is -0.120. The number of hydrogen-bond donors (Lipinski definition) is 2. The lowest BCUT2D eigenvalue weighted by Gasteiger charge is -2.08. The Morgan fingerprint density at radius 3 is 2.84 bits per heavy atom. The molecule has 0 unspecified atom stereocenters. The van der Waals surface area contributed by atoms with Gasteiger partial charge >= 0.3 is 0 Å². The molecule has 0 aromatic heterocycles. The van der Waals surface area contributed by atoms with Gasteiger partial charge in [0.25, 0.3) is 0 Å². The van der Waals surface area contributed by atoms with E-state index >= 15 is 0 Å². The van der Waals surface area contributed by atoms with Crippen LogP contribution in [0.25, 0.3) is 0 Å². The molecule has 2 N–H and O–H groups in total. The van der Waals surface area contributed by atoms with E-state index in [1.165, 1.54) is 0 Å². The highest BCUT2D eigenvalue weighted by atomic mass is 35.5. The predicted molar refractivity (Wildman–Crippen MR) is 78.8 cm³/mol. The molecule has 5 heteroatoms. The molecule has 1 aromatic carbocycles. The summed E-state index contributed by atoms with van der Waals surface area (Å²) in [4.78, 5) is 11.5. The number of aryl methyl sites for hydroxylation is 1. The van der Waals surface area contributed by atoms with Crippen LogP contribution in [0.2, 0.25) is 5.02 Å². The van der Waals surface area contributed by atoms with Crippen molar-refractivity contribution in [3.8, 4) is 0 Å². The minimum Gasteiger partial charge on any atom is -0.385 e. The Morgan fingerprint density at radius 1 is 1.37 bits per heavy atom. The van der Waals surface area contributed by atoms with Crippen molar-refractivity contribution in [3.05, 3.63) is 28.8 Å². The molecule has 0 atom stereocenters. The summed E-state index contributed by atoms with van der Waals surface area (Å²) in [6.07, 6.45) is 1.28. The van der Waals surface area contributed by atoms with E-state index in [0.717, 1.165) is 22.7 Å². The molecule has 1 rings (SSSR count). The Balaban J connectivity index is 2.18. The molecule has 0 saturated carbocycles. The SMILES string of the molecule is COCCCNC(=O)CCNc1ccc(C)c(Cl)c1. The minimum atomic E-state index is 0.0433. The summed E-state index contributed by atoms with van der Waals surface area (Å²) in [5.74, 6) is 0.0433. The number of hydrogen-bond acceptors (Lipinski definition) is 3. The Labute approximate surface area is 119 Å². The maximum absolute atomic E-state index is 11.5. The molecule has 0 fully saturated rings. The largest absolute Gasteiger partial charge is 0.385 e. The summed E-state index contributed by atoms with van der Waals surface area (Å²) in [7, 11) is 1.65. The van der Waals surface area contributed by atoms with Crippen molar-refractivity contribution in [1.82, 2.24) is 5.32 Å². The summed E-state index contributed by atoms with van der Waals surface area (Å²) in [6, 6.07) is 5.78. The summed E-state index contributed by atoms with van der Waals surface area (Å²) in [5.41, 5.74) is 1.98. The second kappa shape index (κ2) is 8.77. The van der Waals surface area contributed by atoms with Crippen molar-refractivity contribution >= 4 is 23.2 Å². The van der Waals surface area contributed by atoms with E-state index in [1.54, 1.807) is 7.11 Å². The van der Waals surface area contributed by atoms with E-state index < -0.39 is 0 Å². The van der Waals surface area contributed by atoms with E-state index in [-0.39, 0.29) is 5.91 Å². The van der Waals surface area contributed by atoms with Gasteiger partial charge in [-0.1, -0.05) is 17.7 Å². The van der Waals surface area contributed by atoms with Crippen molar-refractivity contribution < 1.29 is 9.53 Å². The van der Waals surface area contributed by atoms with Crippen molar-refractivity contribution in [1.29, 1.82) is 0 Å². The fraction of sp³-hybridized carbons (Fsp3) is 0.500. The number of amides is 1. The molecular weight excluding hydrogens is 264 g/mol. The molecule has 0 saturated heterocycles. The second-order valence-electron chi connectivity index (χ2n) is 4.34. The van der Waals surface area contributed by atoms with Crippen LogP contribution in [0.3, 0.4) is 0 Å². The second-order valence-corrected chi connectivity index (χ2v) is 4.74. The summed E-state index contributed by atoms with van der Waals surface area (Å²) < 4.78 is 4.91. The van der Waals surface area contributed by atoms with Crippen LogP contribution in [-0.2, 0) is 9.53 Å². The molecule has 0 radical (unpaired) electrons. The van der Waals surface area contributed by atoms with Gasteiger partial charge < -0.3 is 15.4 Å². The molecule has 19 heavy (non-hydrogen) atoms. The maximum atomic E-state index is 11.5. The Kier molecular flexibility index (Phi) is 7.30. The normalized spacial score (nSPS) is 10.3. The maximum Gasteiger partial charge on any atom is 0.221 e. The first-order valence-corrected chi connectivity index (χ1v) is 6.77. The number of nitrogens with one attached hydrogen (secondary N) is 2. The van der Waals surface area contributed by atoms with Crippen LogP contribution in [0.15, 0.2) is 18.2 Å². The molecule has 0 aliphatic heterocycles. The van der Waals surface area contributed by atoms with Crippen LogP contribution in [0.4, 0.5) is 5.69 Å². The van der Waals surface area contributed by atoms with Gasteiger partial charge in [0, 0.05) is 43.9 Å². The summed E-state index contributed by atoms with van der Waals surface area (Å²) in [6.45, 7) is 3.87. The molecule has 1 amide bonds. The number of carbonyl (C=O) groups is 1. The average molecular weight is 285 g/mol. The first-order valence-electron chi connectivity index (χ1n) is 6.39. The minimum absolute atomic E-state index is 0.0433. The van der Waals surface area contributed by atoms with Crippen LogP contribution in [0.5, 0.6) is 0 Å². The third kappa shape index (κ3) is 6.45.